The van der Waals surface area contributed by atoms with Crippen LogP contribution in [0.1, 0.15) is 57.1 Å². The second-order valence-electron chi connectivity index (χ2n) is 9.10. The monoisotopic (exact) mass is 541 g/mol. The maximum Gasteiger partial charge on any atom is 0.225 e. The van der Waals surface area contributed by atoms with Crippen LogP contribution in [-0.4, -0.2) is 60.9 Å². The van der Waals surface area contributed by atoms with Crippen molar-refractivity contribution in [1.29, 1.82) is 0 Å². The molecule has 1 saturated heterocycles. The summed E-state index contributed by atoms with van der Waals surface area (Å²) in [5, 5.41) is 7.00. The summed E-state index contributed by atoms with van der Waals surface area (Å²) in [6.07, 6.45) is 5.53. The second kappa shape index (κ2) is 12.6. The van der Waals surface area contributed by atoms with Crippen molar-refractivity contribution < 1.29 is 4.79 Å². The number of likely N-dealkylation sites (tertiary alicyclic amines) is 1. The van der Waals surface area contributed by atoms with Crippen molar-refractivity contribution in [3.05, 3.63) is 35.4 Å². The van der Waals surface area contributed by atoms with Gasteiger partial charge in [-0.2, -0.15) is 0 Å². The molecule has 0 radical (unpaired) electrons. The van der Waals surface area contributed by atoms with Gasteiger partial charge in [-0.15, -0.1) is 24.0 Å². The number of rotatable bonds is 7. The number of guanidine groups is 1. The molecule has 1 aromatic rings. The zero-order valence-corrected chi connectivity index (χ0v) is 21.9. The Kier molecular flexibility index (Phi) is 10.6. The summed E-state index contributed by atoms with van der Waals surface area (Å²) in [4.78, 5) is 21.5. The molecule has 0 spiro atoms. The van der Waals surface area contributed by atoms with Gasteiger partial charge < -0.3 is 15.5 Å². The van der Waals surface area contributed by atoms with Crippen LogP contribution in [0.4, 0.5) is 0 Å². The summed E-state index contributed by atoms with van der Waals surface area (Å²) in [6, 6.07) is 9.36. The van der Waals surface area contributed by atoms with Gasteiger partial charge in [-0.1, -0.05) is 37.1 Å². The average molecular weight is 542 g/mol. The van der Waals surface area contributed by atoms with E-state index in [4.69, 9.17) is 0 Å². The van der Waals surface area contributed by atoms with Crippen molar-refractivity contribution in [1.82, 2.24) is 20.4 Å². The predicted octanol–water partition coefficient (Wildman–Crippen LogP) is 3.60. The van der Waals surface area contributed by atoms with Gasteiger partial charge in [0.05, 0.1) is 0 Å². The molecule has 1 aliphatic heterocycles. The predicted molar refractivity (Wildman–Crippen MR) is 139 cm³/mol. The highest BCUT2D eigenvalue weighted by atomic mass is 127. The van der Waals surface area contributed by atoms with Crippen molar-refractivity contribution in [3.63, 3.8) is 0 Å². The first-order valence-electron chi connectivity index (χ1n) is 11.5. The van der Waals surface area contributed by atoms with Crippen LogP contribution in [0.3, 0.4) is 0 Å². The van der Waals surface area contributed by atoms with Crippen molar-refractivity contribution >= 4 is 35.8 Å². The van der Waals surface area contributed by atoms with Crippen molar-refractivity contribution in [2.24, 2.45) is 10.9 Å². The number of amides is 1. The minimum Gasteiger partial charge on any atom is -0.352 e. The van der Waals surface area contributed by atoms with E-state index >= 15 is 0 Å². The van der Waals surface area contributed by atoms with Crippen LogP contribution in [-0.2, 0) is 17.9 Å². The summed E-state index contributed by atoms with van der Waals surface area (Å²) >= 11 is 0. The minimum atomic E-state index is 0. The Labute approximate surface area is 205 Å². The van der Waals surface area contributed by atoms with E-state index in [0.717, 1.165) is 51.4 Å². The molecule has 1 saturated carbocycles. The molecule has 0 aromatic heterocycles. The highest BCUT2D eigenvalue weighted by Crippen LogP contribution is 2.27. The van der Waals surface area contributed by atoms with Gasteiger partial charge in [-0.05, 0) is 51.3 Å². The minimum absolute atomic E-state index is 0. The highest BCUT2D eigenvalue weighted by molar-refractivity contribution is 14.0. The number of aliphatic imine (C=N–C) groups is 1. The summed E-state index contributed by atoms with van der Waals surface area (Å²) in [7, 11) is 3.97. The molecule has 0 bridgehead atoms. The standard InChI is InChI=1S/C24H39N5O.HI/c1-18(2)28(4)16-21-12-8-7-11-20(21)15-26-24(25-3)27-22-13-14-29(17-22)23(30)19-9-5-6-10-19;/h7-8,11-12,18-19,22H,5-6,9-10,13-17H2,1-4H3,(H2,25,26,27);1H. The van der Waals surface area contributed by atoms with Gasteiger partial charge >= 0.3 is 0 Å². The Bertz CT molecular complexity index is 732. The summed E-state index contributed by atoms with van der Waals surface area (Å²) < 4.78 is 0. The first kappa shape index (κ1) is 25.9. The topological polar surface area (TPSA) is 60.0 Å². The molecule has 6 nitrogen and oxygen atoms in total. The number of hydrogen-bond acceptors (Lipinski definition) is 3. The fourth-order valence-corrected chi connectivity index (χ4v) is 4.41. The molecule has 3 rings (SSSR count). The van der Waals surface area contributed by atoms with Gasteiger partial charge in [-0.3, -0.25) is 14.7 Å². The molecule has 1 atom stereocenters. The van der Waals surface area contributed by atoms with E-state index < -0.39 is 0 Å². The first-order chi connectivity index (χ1) is 14.5. The van der Waals surface area contributed by atoms with E-state index in [1.807, 2.05) is 7.05 Å². The Morgan fingerprint density at radius 1 is 1.19 bits per heavy atom. The molecule has 2 fully saturated rings. The van der Waals surface area contributed by atoms with E-state index in [-0.39, 0.29) is 35.9 Å². The lowest BCUT2D eigenvalue weighted by atomic mass is 10.1. The molecule has 174 valence electrons. The molecular weight excluding hydrogens is 501 g/mol. The zero-order chi connectivity index (χ0) is 21.5. The highest BCUT2D eigenvalue weighted by Gasteiger charge is 2.32. The molecule has 1 heterocycles. The van der Waals surface area contributed by atoms with Gasteiger partial charge in [0, 0.05) is 51.2 Å². The molecular formula is C24H40IN5O. The Hall–Kier alpha value is -1.35. The summed E-state index contributed by atoms with van der Waals surface area (Å²) in [6.45, 7) is 7.74. The molecule has 1 aliphatic carbocycles. The van der Waals surface area contributed by atoms with Gasteiger partial charge in [0.1, 0.15) is 0 Å². The Balaban J connectivity index is 0.00000341. The number of halogens is 1. The van der Waals surface area contributed by atoms with Crippen LogP contribution in [0.5, 0.6) is 0 Å². The molecule has 31 heavy (non-hydrogen) atoms. The van der Waals surface area contributed by atoms with Crippen molar-refractivity contribution in [2.45, 2.75) is 71.1 Å². The van der Waals surface area contributed by atoms with Crippen LogP contribution in [0, 0.1) is 5.92 Å². The van der Waals surface area contributed by atoms with Crippen LogP contribution in [0.15, 0.2) is 29.3 Å². The van der Waals surface area contributed by atoms with Gasteiger partial charge in [0.25, 0.3) is 0 Å². The molecule has 2 aliphatic rings. The second-order valence-corrected chi connectivity index (χ2v) is 9.10. The van der Waals surface area contributed by atoms with Crippen molar-refractivity contribution in [2.75, 3.05) is 27.2 Å². The molecule has 1 aromatic carbocycles. The lowest BCUT2D eigenvalue weighted by Crippen LogP contribution is -2.45. The number of nitrogens with zero attached hydrogens (tertiary/aromatic N) is 3. The maximum absolute atomic E-state index is 12.7. The third-order valence-electron chi connectivity index (χ3n) is 6.63. The van der Waals surface area contributed by atoms with Gasteiger partial charge in [0.15, 0.2) is 5.96 Å². The Morgan fingerprint density at radius 2 is 1.87 bits per heavy atom. The largest absolute Gasteiger partial charge is 0.352 e. The third-order valence-corrected chi connectivity index (χ3v) is 6.63. The lowest BCUT2D eigenvalue weighted by molar-refractivity contribution is -0.134. The van der Waals surface area contributed by atoms with Crippen LogP contribution < -0.4 is 10.6 Å². The number of hydrogen-bond donors (Lipinski definition) is 2. The maximum atomic E-state index is 12.7. The molecule has 2 N–H and O–H groups in total. The first-order valence-corrected chi connectivity index (χ1v) is 11.5. The number of carbonyl (C=O) groups excluding carboxylic acids is 1. The van der Waals surface area contributed by atoms with E-state index in [9.17, 15) is 4.79 Å². The smallest absolute Gasteiger partial charge is 0.225 e. The lowest BCUT2D eigenvalue weighted by Gasteiger charge is -2.23. The number of nitrogens with one attached hydrogen (secondary N) is 2. The number of benzene rings is 1. The normalized spacial score (nSPS) is 19.7. The van der Waals surface area contributed by atoms with Crippen LogP contribution >= 0.6 is 24.0 Å². The van der Waals surface area contributed by atoms with E-state index in [1.165, 1.54) is 24.0 Å². The Morgan fingerprint density at radius 3 is 2.52 bits per heavy atom. The number of carbonyl (C=O) groups is 1. The van der Waals surface area contributed by atoms with Crippen molar-refractivity contribution in [3.8, 4) is 0 Å². The van der Waals surface area contributed by atoms with E-state index in [1.54, 1.807) is 0 Å². The van der Waals surface area contributed by atoms with Crippen LogP contribution in [0.2, 0.25) is 0 Å². The fourth-order valence-electron chi connectivity index (χ4n) is 4.41. The quantitative estimate of drug-likeness (QED) is 0.315. The SMILES string of the molecule is CN=C(NCc1ccccc1CN(C)C(C)C)NC1CCN(C(=O)C2CCCC2)C1.I. The van der Waals surface area contributed by atoms with Crippen LogP contribution in [0.25, 0.3) is 0 Å². The van der Waals surface area contributed by atoms with E-state index in [2.05, 4.69) is 70.6 Å². The van der Waals surface area contributed by atoms with Gasteiger partial charge in [-0.25, -0.2) is 0 Å². The zero-order valence-electron chi connectivity index (χ0n) is 19.6. The fraction of sp³-hybridized carbons (Fsp3) is 0.667. The molecule has 1 unspecified atom stereocenters. The summed E-state index contributed by atoms with van der Waals surface area (Å²) in [5.41, 5.74) is 2.63. The summed E-state index contributed by atoms with van der Waals surface area (Å²) in [5.74, 6) is 1.44. The molecule has 1 amide bonds. The third kappa shape index (κ3) is 7.34. The van der Waals surface area contributed by atoms with E-state index in [0.29, 0.717) is 11.9 Å². The average Bonchev–Trinajstić information content (AvgIpc) is 3.43. The van der Waals surface area contributed by atoms with Gasteiger partial charge in [0.2, 0.25) is 5.91 Å². The molecule has 7 heteroatoms.